The van der Waals surface area contributed by atoms with E-state index >= 15 is 0 Å². The topological polar surface area (TPSA) is 68.3 Å². The lowest BCUT2D eigenvalue weighted by Gasteiger charge is -2.10. The minimum atomic E-state index is 0.573. The van der Waals surface area contributed by atoms with Crippen LogP contribution in [-0.2, 0) is 4.74 Å². The molecule has 0 bridgehead atoms. The van der Waals surface area contributed by atoms with Crippen LogP contribution in [0.25, 0.3) is 0 Å². The van der Waals surface area contributed by atoms with Crippen molar-refractivity contribution in [2.45, 2.75) is 20.3 Å². The first-order valence-electron chi connectivity index (χ1n) is 7.79. The Hall–Kier alpha value is -2.34. The van der Waals surface area contributed by atoms with Crippen molar-refractivity contribution in [2.75, 3.05) is 37.5 Å². The molecule has 0 radical (unpaired) electrons. The molecule has 0 aliphatic carbocycles. The lowest BCUT2D eigenvalue weighted by Crippen LogP contribution is -2.08. The summed E-state index contributed by atoms with van der Waals surface area (Å²) in [5.41, 5.74) is 1.83. The van der Waals surface area contributed by atoms with Crippen LogP contribution in [0.15, 0.2) is 30.3 Å². The maximum atomic E-state index is 5.43. The first-order valence-corrected chi connectivity index (χ1v) is 7.79. The van der Waals surface area contributed by atoms with Crippen LogP contribution >= 0.6 is 0 Å². The Kier molecular flexibility index (Phi) is 6.62. The van der Waals surface area contributed by atoms with Crippen molar-refractivity contribution in [3.05, 3.63) is 36.0 Å². The Labute approximate surface area is 137 Å². The summed E-state index contributed by atoms with van der Waals surface area (Å²) >= 11 is 0. The maximum Gasteiger partial charge on any atom is 0.229 e. The van der Waals surface area contributed by atoms with E-state index in [0.717, 1.165) is 42.5 Å². The standard InChI is InChI=1S/C17H24N4O2/c1-4-23-15-8-6-14(7-9-15)20-17-19-13(2)12-16(21-17)18-10-5-11-22-3/h6-9,12H,4-5,10-11H2,1-3H3,(H2,18,19,20,21). The minimum absolute atomic E-state index is 0.573. The van der Waals surface area contributed by atoms with Crippen LogP contribution in [0.2, 0.25) is 0 Å². The van der Waals surface area contributed by atoms with Crippen LogP contribution in [0.3, 0.4) is 0 Å². The third-order valence-electron chi connectivity index (χ3n) is 3.11. The molecule has 0 fully saturated rings. The summed E-state index contributed by atoms with van der Waals surface area (Å²) in [6.07, 6.45) is 0.932. The fraction of sp³-hybridized carbons (Fsp3) is 0.412. The molecule has 6 nitrogen and oxygen atoms in total. The molecule has 0 saturated heterocycles. The Morgan fingerprint density at radius 2 is 1.91 bits per heavy atom. The van der Waals surface area contributed by atoms with Crippen LogP contribution < -0.4 is 15.4 Å². The van der Waals surface area contributed by atoms with Gasteiger partial charge in [0.05, 0.1) is 6.61 Å². The van der Waals surface area contributed by atoms with Gasteiger partial charge in [0.15, 0.2) is 0 Å². The van der Waals surface area contributed by atoms with Crippen molar-refractivity contribution in [3.63, 3.8) is 0 Å². The third-order valence-corrected chi connectivity index (χ3v) is 3.11. The molecule has 0 aliphatic rings. The van der Waals surface area contributed by atoms with Gasteiger partial charge in [-0.25, -0.2) is 4.98 Å². The maximum absolute atomic E-state index is 5.43. The van der Waals surface area contributed by atoms with E-state index in [0.29, 0.717) is 12.6 Å². The average Bonchev–Trinajstić information content (AvgIpc) is 2.53. The van der Waals surface area contributed by atoms with E-state index in [-0.39, 0.29) is 0 Å². The number of benzene rings is 1. The Morgan fingerprint density at radius 3 is 2.61 bits per heavy atom. The number of rotatable bonds is 9. The summed E-state index contributed by atoms with van der Waals surface area (Å²) in [7, 11) is 1.70. The summed E-state index contributed by atoms with van der Waals surface area (Å²) in [5, 5.41) is 6.49. The van der Waals surface area contributed by atoms with Gasteiger partial charge in [0.25, 0.3) is 0 Å². The normalized spacial score (nSPS) is 10.4. The molecule has 6 heteroatoms. The molecule has 0 amide bonds. The number of aromatic nitrogens is 2. The molecule has 2 aromatic rings. The molecule has 0 spiro atoms. The first kappa shape index (κ1) is 17.0. The quantitative estimate of drug-likeness (QED) is 0.691. The van der Waals surface area contributed by atoms with Crippen molar-refractivity contribution in [1.29, 1.82) is 0 Å². The van der Waals surface area contributed by atoms with Crippen LogP contribution in [0.4, 0.5) is 17.5 Å². The largest absolute Gasteiger partial charge is 0.494 e. The Morgan fingerprint density at radius 1 is 1.13 bits per heavy atom. The van der Waals surface area contributed by atoms with E-state index in [4.69, 9.17) is 9.47 Å². The number of methoxy groups -OCH3 is 1. The average molecular weight is 316 g/mol. The predicted octanol–water partition coefficient (Wildman–Crippen LogP) is 3.38. The smallest absolute Gasteiger partial charge is 0.229 e. The lowest BCUT2D eigenvalue weighted by atomic mass is 10.3. The summed E-state index contributed by atoms with van der Waals surface area (Å²) < 4.78 is 10.5. The number of hydrogen-bond acceptors (Lipinski definition) is 6. The molecule has 1 aromatic heterocycles. The highest BCUT2D eigenvalue weighted by atomic mass is 16.5. The number of hydrogen-bond donors (Lipinski definition) is 2. The Bertz CT molecular complexity index is 602. The molecule has 23 heavy (non-hydrogen) atoms. The molecule has 0 unspecified atom stereocenters. The molecule has 0 atom stereocenters. The first-order chi connectivity index (χ1) is 11.2. The molecular weight excluding hydrogens is 292 g/mol. The number of ether oxygens (including phenoxy) is 2. The Balaban J connectivity index is 1.99. The van der Waals surface area contributed by atoms with Gasteiger partial charge in [-0.15, -0.1) is 0 Å². The van der Waals surface area contributed by atoms with Gasteiger partial charge < -0.3 is 20.1 Å². The van der Waals surface area contributed by atoms with E-state index in [1.165, 1.54) is 0 Å². The molecule has 2 rings (SSSR count). The SMILES string of the molecule is CCOc1ccc(Nc2nc(C)cc(NCCCOC)n2)cc1. The van der Waals surface area contributed by atoms with E-state index in [9.17, 15) is 0 Å². The number of aryl methyl sites for hydroxylation is 1. The van der Waals surface area contributed by atoms with Crippen molar-refractivity contribution >= 4 is 17.5 Å². The molecule has 2 N–H and O–H groups in total. The fourth-order valence-electron chi connectivity index (χ4n) is 2.08. The highest BCUT2D eigenvalue weighted by Crippen LogP contribution is 2.19. The highest BCUT2D eigenvalue weighted by molar-refractivity contribution is 5.56. The zero-order valence-electron chi connectivity index (χ0n) is 13.9. The molecule has 124 valence electrons. The summed E-state index contributed by atoms with van der Waals surface area (Å²) in [5.74, 6) is 2.23. The monoisotopic (exact) mass is 316 g/mol. The fourth-order valence-corrected chi connectivity index (χ4v) is 2.08. The van der Waals surface area contributed by atoms with Crippen LogP contribution in [0.5, 0.6) is 5.75 Å². The second-order valence-electron chi connectivity index (χ2n) is 5.07. The second-order valence-corrected chi connectivity index (χ2v) is 5.07. The predicted molar refractivity (Wildman–Crippen MR) is 92.6 cm³/mol. The number of nitrogens with one attached hydrogen (secondary N) is 2. The second kappa shape index (κ2) is 8.95. The van der Waals surface area contributed by atoms with Gasteiger partial charge in [-0.3, -0.25) is 0 Å². The number of nitrogens with zero attached hydrogens (tertiary/aromatic N) is 2. The van der Waals surface area contributed by atoms with Crippen LogP contribution in [0.1, 0.15) is 19.0 Å². The van der Waals surface area contributed by atoms with Gasteiger partial charge in [-0.2, -0.15) is 4.98 Å². The van der Waals surface area contributed by atoms with Gasteiger partial charge >= 0.3 is 0 Å². The van der Waals surface area contributed by atoms with Crippen molar-refractivity contribution in [1.82, 2.24) is 9.97 Å². The van der Waals surface area contributed by atoms with Crippen LogP contribution in [-0.4, -0.2) is 36.8 Å². The van der Waals surface area contributed by atoms with Crippen LogP contribution in [0, 0.1) is 6.92 Å². The van der Waals surface area contributed by atoms with Gasteiger partial charge in [-0.1, -0.05) is 0 Å². The molecule has 1 heterocycles. The van der Waals surface area contributed by atoms with E-state index in [1.54, 1.807) is 7.11 Å². The zero-order valence-corrected chi connectivity index (χ0v) is 13.9. The number of anilines is 3. The third kappa shape index (κ3) is 5.75. The van der Waals surface area contributed by atoms with Crippen molar-refractivity contribution in [3.8, 4) is 5.75 Å². The molecular formula is C17H24N4O2. The minimum Gasteiger partial charge on any atom is -0.494 e. The molecule has 0 saturated carbocycles. The summed E-state index contributed by atoms with van der Waals surface area (Å²) in [4.78, 5) is 8.89. The van der Waals surface area contributed by atoms with E-state index in [1.807, 2.05) is 44.2 Å². The molecule has 1 aromatic carbocycles. The van der Waals surface area contributed by atoms with Gasteiger partial charge in [0.2, 0.25) is 5.95 Å². The molecule has 0 aliphatic heterocycles. The van der Waals surface area contributed by atoms with Gasteiger partial charge in [-0.05, 0) is 44.5 Å². The van der Waals surface area contributed by atoms with Crippen molar-refractivity contribution in [2.24, 2.45) is 0 Å². The van der Waals surface area contributed by atoms with Crippen molar-refractivity contribution < 1.29 is 9.47 Å². The van der Waals surface area contributed by atoms with Gasteiger partial charge in [0, 0.05) is 37.7 Å². The van der Waals surface area contributed by atoms with E-state index < -0.39 is 0 Å². The highest BCUT2D eigenvalue weighted by Gasteiger charge is 2.03. The summed E-state index contributed by atoms with van der Waals surface area (Å²) in [6.45, 7) is 6.12. The zero-order chi connectivity index (χ0) is 16.5. The van der Waals surface area contributed by atoms with E-state index in [2.05, 4.69) is 20.6 Å². The van der Waals surface area contributed by atoms with Gasteiger partial charge in [0.1, 0.15) is 11.6 Å². The lowest BCUT2D eigenvalue weighted by molar-refractivity contribution is 0.198. The summed E-state index contributed by atoms with van der Waals surface area (Å²) in [6, 6.07) is 9.66.